The Morgan fingerprint density at radius 3 is 2.82 bits per heavy atom. The molecule has 3 aromatic rings. The number of hydrogen-bond donors (Lipinski definition) is 0. The summed E-state index contributed by atoms with van der Waals surface area (Å²) < 4.78 is 1.20. The van der Waals surface area contributed by atoms with E-state index in [1.165, 1.54) is 9.90 Å². The highest BCUT2D eigenvalue weighted by molar-refractivity contribution is 14.1. The second-order valence-corrected chi connectivity index (χ2v) is 4.88. The van der Waals surface area contributed by atoms with E-state index in [1.807, 2.05) is 18.2 Å². The van der Waals surface area contributed by atoms with Crippen LogP contribution in [-0.4, -0.2) is 15.0 Å². The minimum absolute atomic E-state index is 0.823. The van der Waals surface area contributed by atoms with Crippen LogP contribution in [0.1, 0.15) is 0 Å². The molecule has 0 spiro atoms. The first-order valence-electron chi connectivity index (χ1n) is 5.16. The van der Waals surface area contributed by atoms with Gasteiger partial charge < -0.3 is 0 Å². The Balaban J connectivity index is 2.18. The Morgan fingerprint density at radius 2 is 1.94 bits per heavy atom. The zero-order chi connectivity index (χ0) is 11.7. The maximum absolute atomic E-state index is 4.56. The van der Waals surface area contributed by atoms with Crippen LogP contribution in [-0.2, 0) is 0 Å². The van der Waals surface area contributed by atoms with Gasteiger partial charge in [0.05, 0.1) is 17.4 Å². The Hall–Kier alpha value is -1.56. The molecule has 0 N–H and O–H groups in total. The minimum Gasteiger partial charge on any atom is -0.245 e. The van der Waals surface area contributed by atoms with Crippen LogP contribution in [0.5, 0.6) is 0 Å². The zero-order valence-electron chi connectivity index (χ0n) is 8.84. The van der Waals surface area contributed by atoms with Crippen molar-refractivity contribution < 1.29 is 0 Å². The van der Waals surface area contributed by atoms with Crippen molar-refractivity contribution in [2.24, 2.45) is 0 Å². The normalized spacial score (nSPS) is 10.6. The molecule has 0 saturated carbocycles. The van der Waals surface area contributed by atoms with Crippen LogP contribution >= 0.6 is 22.6 Å². The molecule has 0 unspecified atom stereocenters. The van der Waals surface area contributed by atoms with E-state index in [0.29, 0.717) is 0 Å². The predicted molar refractivity (Wildman–Crippen MR) is 75.5 cm³/mol. The van der Waals surface area contributed by atoms with Crippen LogP contribution in [0.25, 0.3) is 22.3 Å². The largest absolute Gasteiger partial charge is 0.245 e. The molecule has 3 rings (SSSR count). The third-order valence-electron chi connectivity index (χ3n) is 2.48. The van der Waals surface area contributed by atoms with Crippen LogP contribution in [0.3, 0.4) is 0 Å². The fourth-order valence-corrected chi connectivity index (χ4v) is 2.22. The third-order valence-corrected chi connectivity index (χ3v) is 3.15. The van der Waals surface area contributed by atoms with Crippen molar-refractivity contribution in [2.45, 2.75) is 0 Å². The summed E-state index contributed by atoms with van der Waals surface area (Å²) in [7, 11) is 0. The lowest BCUT2D eigenvalue weighted by Gasteiger charge is -2.02. The molecule has 0 saturated heterocycles. The molecule has 0 aliphatic carbocycles. The van der Waals surface area contributed by atoms with Gasteiger partial charge in [-0.05, 0) is 46.9 Å². The molecular weight excluding hydrogens is 325 g/mol. The van der Waals surface area contributed by atoms with Gasteiger partial charge in [-0.2, -0.15) is 0 Å². The molecular formula is C13H8IN3. The Bertz CT molecular complexity index is 682. The van der Waals surface area contributed by atoms with Crippen molar-refractivity contribution >= 4 is 33.6 Å². The van der Waals surface area contributed by atoms with Crippen molar-refractivity contribution in [1.82, 2.24) is 15.0 Å². The summed E-state index contributed by atoms with van der Waals surface area (Å²) in [5.74, 6) is 0. The van der Waals surface area contributed by atoms with Crippen LogP contribution in [0.4, 0.5) is 0 Å². The molecule has 0 atom stereocenters. The van der Waals surface area contributed by atoms with E-state index >= 15 is 0 Å². The van der Waals surface area contributed by atoms with Gasteiger partial charge in [0, 0.05) is 9.13 Å². The van der Waals surface area contributed by atoms with E-state index in [0.717, 1.165) is 22.3 Å². The van der Waals surface area contributed by atoms with E-state index in [2.05, 4.69) is 55.7 Å². The van der Waals surface area contributed by atoms with Gasteiger partial charge in [0.1, 0.15) is 11.8 Å². The number of pyridine rings is 1. The van der Waals surface area contributed by atoms with E-state index in [4.69, 9.17) is 0 Å². The molecule has 0 radical (unpaired) electrons. The first-order chi connectivity index (χ1) is 8.33. The summed E-state index contributed by atoms with van der Waals surface area (Å²) in [6.07, 6.45) is 3.27. The maximum atomic E-state index is 4.56. The van der Waals surface area contributed by atoms with Gasteiger partial charge in [0.2, 0.25) is 0 Å². The maximum Gasteiger partial charge on any atom is 0.116 e. The van der Waals surface area contributed by atoms with Crippen LogP contribution in [0.2, 0.25) is 0 Å². The van der Waals surface area contributed by atoms with Gasteiger partial charge in [-0.15, -0.1) is 0 Å². The van der Waals surface area contributed by atoms with E-state index in [-0.39, 0.29) is 0 Å². The molecule has 0 aliphatic rings. The number of halogens is 1. The van der Waals surface area contributed by atoms with Crippen LogP contribution in [0, 0.1) is 3.57 Å². The summed E-state index contributed by atoms with van der Waals surface area (Å²) in [6, 6.07) is 12.2. The second-order valence-electron chi connectivity index (χ2n) is 3.63. The molecule has 0 aliphatic heterocycles. The van der Waals surface area contributed by atoms with Gasteiger partial charge >= 0.3 is 0 Å². The average Bonchev–Trinajstić information content (AvgIpc) is 2.38. The number of nitrogens with zero attached hydrogens (tertiary/aromatic N) is 3. The zero-order valence-corrected chi connectivity index (χ0v) is 11.0. The molecule has 1 aromatic carbocycles. The molecule has 17 heavy (non-hydrogen) atoms. The van der Waals surface area contributed by atoms with Crippen molar-refractivity contribution in [3.05, 3.63) is 52.5 Å². The second kappa shape index (κ2) is 4.37. The number of rotatable bonds is 1. The highest BCUT2D eigenvalue weighted by Gasteiger charge is 2.02. The lowest BCUT2D eigenvalue weighted by Crippen LogP contribution is -1.88. The highest BCUT2D eigenvalue weighted by atomic mass is 127. The van der Waals surface area contributed by atoms with Crippen molar-refractivity contribution in [3.8, 4) is 11.3 Å². The molecule has 4 heteroatoms. The molecule has 3 nitrogen and oxygen atoms in total. The number of benzene rings is 1. The Labute approximate surface area is 112 Å². The molecule has 0 amide bonds. The van der Waals surface area contributed by atoms with Gasteiger partial charge in [-0.25, -0.2) is 15.0 Å². The average molecular weight is 333 g/mol. The standard InChI is InChI=1S/C13H8IN3/c14-10-3-1-2-9(6-10)11-4-5-12-13(17-11)7-15-8-16-12/h1-8H. The summed E-state index contributed by atoms with van der Waals surface area (Å²) in [6.45, 7) is 0. The summed E-state index contributed by atoms with van der Waals surface area (Å²) in [4.78, 5) is 12.7. The first kappa shape index (κ1) is 10.6. The monoisotopic (exact) mass is 333 g/mol. The molecule has 0 bridgehead atoms. The third kappa shape index (κ3) is 2.12. The lowest BCUT2D eigenvalue weighted by atomic mass is 10.1. The van der Waals surface area contributed by atoms with Crippen LogP contribution in [0.15, 0.2) is 48.9 Å². The Kier molecular flexibility index (Phi) is 2.72. The molecule has 0 fully saturated rings. The van der Waals surface area contributed by atoms with Gasteiger partial charge in [0.25, 0.3) is 0 Å². The summed E-state index contributed by atoms with van der Waals surface area (Å²) >= 11 is 2.30. The summed E-state index contributed by atoms with van der Waals surface area (Å²) in [5.41, 5.74) is 3.76. The lowest BCUT2D eigenvalue weighted by molar-refractivity contribution is 1.20. The van der Waals surface area contributed by atoms with E-state index in [1.54, 1.807) is 6.20 Å². The van der Waals surface area contributed by atoms with Gasteiger partial charge in [-0.1, -0.05) is 12.1 Å². The number of fused-ring (bicyclic) bond motifs is 1. The SMILES string of the molecule is Ic1cccc(-c2ccc3ncncc3n2)c1. The van der Waals surface area contributed by atoms with Gasteiger partial charge in [-0.3, -0.25) is 0 Å². The number of aromatic nitrogens is 3. The van der Waals surface area contributed by atoms with E-state index in [9.17, 15) is 0 Å². The van der Waals surface area contributed by atoms with Crippen molar-refractivity contribution in [3.63, 3.8) is 0 Å². The summed E-state index contributed by atoms with van der Waals surface area (Å²) in [5, 5.41) is 0. The van der Waals surface area contributed by atoms with Crippen LogP contribution < -0.4 is 0 Å². The quantitative estimate of drug-likeness (QED) is 0.642. The molecule has 2 aromatic heterocycles. The van der Waals surface area contributed by atoms with Gasteiger partial charge in [0.15, 0.2) is 0 Å². The Morgan fingerprint density at radius 1 is 1.00 bits per heavy atom. The van der Waals surface area contributed by atoms with Crippen molar-refractivity contribution in [1.29, 1.82) is 0 Å². The first-order valence-corrected chi connectivity index (χ1v) is 6.23. The molecule has 2 heterocycles. The highest BCUT2D eigenvalue weighted by Crippen LogP contribution is 2.21. The smallest absolute Gasteiger partial charge is 0.116 e. The van der Waals surface area contributed by atoms with Crippen molar-refractivity contribution in [2.75, 3.05) is 0 Å². The number of hydrogen-bond acceptors (Lipinski definition) is 3. The fraction of sp³-hybridized carbons (Fsp3) is 0. The minimum atomic E-state index is 0.823. The van der Waals surface area contributed by atoms with E-state index < -0.39 is 0 Å². The molecule has 82 valence electrons. The fourth-order valence-electron chi connectivity index (χ4n) is 1.68. The topological polar surface area (TPSA) is 38.7 Å². The predicted octanol–water partition coefficient (Wildman–Crippen LogP) is 3.30.